The molecule has 0 aromatic heterocycles. The van der Waals surface area contributed by atoms with Crippen molar-refractivity contribution in [1.82, 2.24) is 0 Å². The van der Waals surface area contributed by atoms with Crippen LogP contribution < -0.4 is 4.74 Å². The molecule has 0 radical (unpaired) electrons. The molecular weight excluding hydrogens is 215 g/mol. The van der Waals surface area contributed by atoms with Crippen LogP contribution in [0.1, 0.15) is 25.8 Å². The Morgan fingerprint density at radius 1 is 1.40 bits per heavy atom. The molecule has 3 heteroatoms. The summed E-state index contributed by atoms with van der Waals surface area (Å²) in [6.45, 7) is 3.97. The van der Waals surface area contributed by atoms with Crippen molar-refractivity contribution in [3.05, 3.63) is 29.6 Å². The van der Waals surface area contributed by atoms with E-state index in [4.69, 9.17) is 16.3 Å². The molecule has 0 saturated carbocycles. The largest absolute Gasteiger partial charge is 0.497 e. The summed E-state index contributed by atoms with van der Waals surface area (Å²) in [5.74, 6) is 0.834. The molecule has 0 bridgehead atoms. The third kappa shape index (κ3) is 2.85. The zero-order valence-corrected chi connectivity index (χ0v) is 10.1. The summed E-state index contributed by atoms with van der Waals surface area (Å²) in [5, 5.41) is 0. The van der Waals surface area contributed by atoms with Crippen molar-refractivity contribution in [3.63, 3.8) is 0 Å². The Balaban J connectivity index is 3.04. The first kappa shape index (κ1) is 12.3. The maximum atomic E-state index is 13.7. The zero-order chi connectivity index (χ0) is 11.5. The first-order valence-electron chi connectivity index (χ1n) is 4.91. The van der Waals surface area contributed by atoms with Crippen molar-refractivity contribution in [2.24, 2.45) is 0 Å². The molecule has 0 saturated heterocycles. The van der Waals surface area contributed by atoms with Gasteiger partial charge in [-0.3, -0.25) is 0 Å². The van der Waals surface area contributed by atoms with E-state index in [1.54, 1.807) is 12.1 Å². The molecule has 0 amide bonds. The fraction of sp³-hybridized carbons (Fsp3) is 0.500. The van der Waals surface area contributed by atoms with Gasteiger partial charge in [0.2, 0.25) is 0 Å². The van der Waals surface area contributed by atoms with Gasteiger partial charge in [0.1, 0.15) is 11.6 Å². The Bertz CT molecular complexity index is 336. The zero-order valence-electron chi connectivity index (χ0n) is 9.31. The maximum absolute atomic E-state index is 13.7. The molecule has 0 atom stereocenters. The molecule has 0 fully saturated rings. The Labute approximate surface area is 95.2 Å². The van der Waals surface area contributed by atoms with Crippen LogP contribution in [0.25, 0.3) is 0 Å². The van der Waals surface area contributed by atoms with E-state index in [1.165, 1.54) is 13.2 Å². The Hall–Kier alpha value is -0.760. The van der Waals surface area contributed by atoms with Crippen LogP contribution in [-0.2, 0) is 5.41 Å². The lowest BCUT2D eigenvalue weighted by Gasteiger charge is -2.24. The lowest BCUT2D eigenvalue weighted by Crippen LogP contribution is -2.19. The van der Waals surface area contributed by atoms with Gasteiger partial charge in [-0.1, -0.05) is 19.9 Å². The van der Waals surface area contributed by atoms with E-state index in [2.05, 4.69) is 0 Å². The van der Waals surface area contributed by atoms with E-state index in [1.807, 2.05) is 13.8 Å². The van der Waals surface area contributed by atoms with Gasteiger partial charge in [-0.25, -0.2) is 4.39 Å². The molecular formula is C12H16ClFO. The van der Waals surface area contributed by atoms with Crippen LogP contribution in [0.4, 0.5) is 4.39 Å². The molecule has 15 heavy (non-hydrogen) atoms. The highest BCUT2D eigenvalue weighted by Gasteiger charge is 2.23. The standard InChI is InChI=1S/C12H16ClFO/c1-12(2,6-7-13)10-5-4-9(15-3)8-11(10)14/h4-5,8H,6-7H2,1-3H3. The van der Waals surface area contributed by atoms with Crippen molar-refractivity contribution in [3.8, 4) is 5.75 Å². The topological polar surface area (TPSA) is 9.23 Å². The highest BCUT2D eigenvalue weighted by atomic mass is 35.5. The number of halogens is 2. The lowest BCUT2D eigenvalue weighted by atomic mass is 9.82. The van der Waals surface area contributed by atoms with Gasteiger partial charge in [-0.15, -0.1) is 11.6 Å². The minimum Gasteiger partial charge on any atom is -0.497 e. The highest BCUT2D eigenvalue weighted by Crippen LogP contribution is 2.31. The normalized spacial score (nSPS) is 11.5. The second kappa shape index (κ2) is 4.84. The molecule has 1 aromatic rings. The fourth-order valence-corrected chi connectivity index (χ4v) is 2.02. The minimum absolute atomic E-state index is 0.232. The number of rotatable bonds is 4. The van der Waals surface area contributed by atoms with Crippen molar-refractivity contribution in [2.75, 3.05) is 13.0 Å². The van der Waals surface area contributed by atoms with Crippen molar-refractivity contribution in [1.29, 1.82) is 0 Å². The molecule has 0 spiro atoms. The number of alkyl halides is 1. The van der Waals surface area contributed by atoms with Gasteiger partial charge in [0.15, 0.2) is 0 Å². The van der Waals surface area contributed by atoms with Gasteiger partial charge in [0.05, 0.1) is 7.11 Å². The molecule has 1 nitrogen and oxygen atoms in total. The minimum atomic E-state index is -0.238. The molecule has 0 unspecified atom stereocenters. The van der Waals surface area contributed by atoms with E-state index >= 15 is 0 Å². The first-order chi connectivity index (χ1) is 7.01. The average molecular weight is 231 g/mol. The average Bonchev–Trinajstić information content (AvgIpc) is 2.17. The Morgan fingerprint density at radius 2 is 2.07 bits per heavy atom. The molecule has 0 N–H and O–H groups in total. The number of benzene rings is 1. The van der Waals surface area contributed by atoms with Gasteiger partial charge < -0.3 is 4.74 Å². The van der Waals surface area contributed by atoms with Crippen molar-refractivity contribution in [2.45, 2.75) is 25.7 Å². The summed E-state index contributed by atoms with van der Waals surface area (Å²) in [7, 11) is 1.53. The molecule has 1 rings (SSSR count). The fourth-order valence-electron chi connectivity index (χ4n) is 1.54. The number of hydrogen-bond donors (Lipinski definition) is 0. The summed E-state index contributed by atoms with van der Waals surface area (Å²) in [4.78, 5) is 0. The third-order valence-corrected chi connectivity index (χ3v) is 2.81. The first-order valence-corrected chi connectivity index (χ1v) is 5.44. The Morgan fingerprint density at radius 3 is 2.53 bits per heavy atom. The quantitative estimate of drug-likeness (QED) is 0.716. The second-order valence-electron chi connectivity index (χ2n) is 4.17. The molecule has 0 heterocycles. The van der Waals surface area contributed by atoms with Crippen LogP contribution >= 0.6 is 11.6 Å². The maximum Gasteiger partial charge on any atom is 0.130 e. The summed E-state index contributed by atoms with van der Waals surface area (Å²) in [6.07, 6.45) is 0.748. The van der Waals surface area contributed by atoms with Gasteiger partial charge in [0, 0.05) is 11.9 Å². The van der Waals surface area contributed by atoms with E-state index in [-0.39, 0.29) is 11.2 Å². The van der Waals surface area contributed by atoms with E-state index in [0.717, 1.165) is 6.42 Å². The van der Waals surface area contributed by atoms with E-state index in [0.29, 0.717) is 17.2 Å². The molecule has 0 aliphatic heterocycles. The number of ether oxygens (including phenoxy) is 1. The summed E-state index contributed by atoms with van der Waals surface area (Å²) in [6, 6.07) is 4.94. The van der Waals surface area contributed by atoms with Crippen LogP contribution in [0.3, 0.4) is 0 Å². The monoisotopic (exact) mass is 230 g/mol. The van der Waals surface area contributed by atoms with Crippen LogP contribution in [0.2, 0.25) is 0 Å². The van der Waals surface area contributed by atoms with E-state index in [9.17, 15) is 4.39 Å². The van der Waals surface area contributed by atoms with Crippen LogP contribution in [-0.4, -0.2) is 13.0 Å². The predicted molar refractivity (Wildman–Crippen MR) is 61.3 cm³/mol. The van der Waals surface area contributed by atoms with Gasteiger partial charge in [-0.2, -0.15) is 0 Å². The summed E-state index contributed by atoms with van der Waals surface area (Å²) < 4.78 is 18.7. The SMILES string of the molecule is COc1ccc(C(C)(C)CCCl)c(F)c1. The van der Waals surface area contributed by atoms with E-state index < -0.39 is 0 Å². The van der Waals surface area contributed by atoms with Crippen molar-refractivity contribution >= 4 is 11.6 Å². The summed E-state index contributed by atoms with van der Waals surface area (Å²) in [5.41, 5.74) is 0.446. The highest BCUT2D eigenvalue weighted by molar-refractivity contribution is 6.17. The van der Waals surface area contributed by atoms with Gasteiger partial charge >= 0.3 is 0 Å². The number of methoxy groups -OCH3 is 1. The molecule has 0 aliphatic rings. The van der Waals surface area contributed by atoms with Crippen LogP contribution in [0.15, 0.2) is 18.2 Å². The van der Waals surface area contributed by atoms with Crippen molar-refractivity contribution < 1.29 is 9.13 Å². The lowest BCUT2D eigenvalue weighted by molar-refractivity contribution is 0.407. The molecule has 1 aromatic carbocycles. The third-order valence-electron chi connectivity index (χ3n) is 2.62. The van der Waals surface area contributed by atoms with Gasteiger partial charge in [-0.05, 0) is 23.5 Å². The molecule has 84 valence electrons. The summed E-state index contributed by atoms with van der Waals surface area (Å²) >= 11 is 5.70. The smallest absolute Gasteiger partial charge is 0.130 e. The predicted octanol–water partition coefficient (Wildman–Crippen LogP) is 3.74. The van der Waals surface area contributed by atoms with Crippen LogP contribution in [0.5, 0.6) is 5.75 Å². The van der Waals surface area contributed by atoms with Crippen LogP contribution in [0, 0.1) is 5.82 Å². The Kier molecular flexibility index (Phi) is 3.97. The number of hydrogen-bond acceptors (Lipinski definition) is 1. The van der Waals surface area contributed by atoms with Gasteiger partial charge in [0.25, 0.3) is 0 Å². The molecule has 0 aliphatic carbocycles. The second-order valence-corrected chi connectivity index (χ2v) is 4.55.